The van der Waals surface area contributed by atoms with Crippen molar-refractivity contribution in [1.29, 1.82) is 0 Å². The molecule has 1 unspecified atom stereocenters. The maximum atomic E-state index is 13.1. The van der Waals surface area contributed by atoms with Crippen LogP contribution in [-0.4, -0.2) is 118 Å². The van der Waals surface area contributed by atoms with Crippen molar-refractivity contribution in [1.82, 2.24) is 35.0 Å². The Morgan fingerprint density at radius 3 is 2.36 bits per heavy atom. The molecule has 13 heteroatoms. The van der Waals surface area contributed by atoms with E-state index in [0.29, 0.717) is 12.4 Å². The van der Waals surface area contributed by atoms with Gasteiger partial charge in [0.15, 0.2) is 0 Å². The third-order valence-electron chi connectivity index (χ3n) is 11.1. The summed E-state index contributed by atoms with van der Waals surface area (Å²) in [6.45, 7) is 8.21. The quantitative estimate of drug-likeness (QED) is 0.104. The van der Waals surface area contributed by atoms with Crippen LogP contribution in [0, 0.1) is 0 Å². The van der Waals surface area contributed by atoms with E-state index >= 15 is 0 Å². The van der Waals surface area contributed by atoms with E-state index in [1.165, 1.54) is 5.39 Å². The predicted octanol–water partition coefficient (Wildman–Crippen LogP) is 5.00. The fraction of sp³-hybridized carbons (Fsp3) is 0.395. The molecule has 0 bridgehead atoms. The Morgan fingerprint density at radius 2 is 1.54 bits per heavy atom. The van der Waals surface area contributed by atoms with E-state index in [2.05, 4.69) is 55.4 Å². The number of nitrogens with one attached hydrogen (secondary N) is 2. The number of aryl methyl sites for hydroxylation is 1. The smallest absolute Gasteiger partial charge is 0.262 e. The topological polar surface area (TPSA) is 150 Å². The molecule has 8 rings (SSSR count). The molecule has 2 saturated heterocycles. The molecule has 2 fully saturated rings. The zero-order chi connectivity index (χ0) is 38.4. The highest BCUT2D eigenvalue weighted by atomic mass is 16.5. The standard InChI is InChI=1S/C43H47N7O6/c51-40-13-12-39(41(52)47-40)50-42(53)34-11-9-32(26-35(34)43(50)54)56-23-3-1-2-16-48-17-19-49(20-18-48)21-24-55-22-4-5-31-8-6-30(27-45-31)29-7-10-33-36-28-44-15-14-37(36)46-38(33)25-29/h6-11,14-15,25-28,39,46H,1-5,12-13,16-24H2,(H,47,51,52). The molecule has 0 saturated carbocycles. The third kappa shape index (κ3) is 8.35. The largest absolute Gasteiger partial charge is 0.494 e. The first-order chi connectivity index (χ1) is 27.4. The second kappa shape index (κ2) is 17.1. The molecular weight excluding hydrogens is 711 g/mol. The maximum absolute atomic E-state index is 13.1. The molecule has 0 radical (unpaired) electrons. The monoisotopic (exact) mass is 757 g/mol. The summed E-state index contributed by atoms with van der Waals surface area (Å²) < 4.78 is 11.9. The number of benzene rings is 2. The van der Waals surface area contributed by atoms with Crippen molar-refractivity contribution in [3.05, 3.63) is 90.0 Å². The molecular formula is C43H47N7O6. The van der Waals surface area contributed by atoms with Gasteiger partial charge in [-0.3, -0.25) is 44.3 Å². The molecule has 290 valence electrons. The fourth-order valence-corrected chi connectivity index (χ4v) is 7.90. The summed E-state index contributed by atoms with van der Waals surface area (Å²) in [6.07, 6.45) is 10.7. The molecule has 0 aliphatic carbocycles. The van der Waals surface area contributed by atoms with E-state index in [-0.39, 0.29) is 24.0 Å². The number of unbranched alkanes of at least 4 members (excludes halogenated alkanes) is 2. The number of nitrogens with zero attached hydrogens (tertiary/aromatic N) is 5. The van der Waals surface area contributed by atoms with Gasteiger partial charge in [-0.1, -0.05) is 18.2 Å². The minimum atomic E-state index is -0.976. The number of pyridine rings is 2. The highest BCUT2D eigenvalue weighted by Gasteiger charge is 2.44. The average Bonchev–Trinajstić information content (AvgIpc) is 3.71. The molecule has 6 heterocycles. The predicted molar refractivity (Wildman–Crippen MR) is 211 cm³/mol. The Labute approximate surface area is 325 Å². The summed E-state index contributed by atoms with van der Waals surface area (Å²) in [7, 11) is 0. The van der Waals surface area contributed by atoms with Crippen molar-refractivity contribution in [2.75, 3.05) is 59.1 Å². The second-order valence-electron chi connectivity index (χ2n) is 14.8. The van der Waals surface area contributed by atoms with Gasteiger partial charge in [0.05, 0.1) is 24.3 Å². The molecule has 2 N–H and O–H groups in total. The Bertz CT molecular complexity index is 2230. The molecule has 0 spiro atoms. The molecule has 3 aliphatic rings. The van der Waals surface area contributed by atoms with Crippen LogP contribution in [0.3, 0.4) is 0 Å². The number of hydrogen-bond donors (Lipinski definition) is 2. The number of aromatic nitrogens is 3. The summed E-state index contributed by atoms with van der Waals surface area (Å²) in [5, 5.41) is 4.53. The Hall–Kier alpha value is -5.50. The Kier molecular flexibility index (Phi) is 11.4. The van der Waals surface area contributed by atoms with Crippen LogP contribution < -0.4 is 10.1 Å². The molecule has 13 nitrogen and oxygen atoms in total. The molecule has 1 atom stereocenters. The summed E-state index contributed by atoms with van der Waals surface area (Å²) in [4.78, 5) is 68.2. The molecule has 4 amide bonds. The maximum Gasteiger partial charge on any atom is 0.262 e. The molecule has 56 heavy (non-hydrogen) atoms. The lowest BCUT2D eigenvalue weighted by Gasteiger charge is -2.34. The van der Waals surface area contributed by atoms with Gasteiger partial charge in [-0.2, -0.15) is 0 Å². The second-order valence-corrected chi connectivity index (χ2v) is 14.8. The van der Waals surface area contributed by atoms with Gasteiger partial charge in [-0.05, 0) is 87.0 Å². The van der Waals surface area contributed by atoms with Crippen LogP contribution >= 0.6 is 0 Å². The van der Waals surface area contributed by atoms with Gasteiger partial charge in [0.1, 0.15) is 11.8 Å². The highest BCUT2D eigenvalue weighted by Crippen LogP contribution is 2.31. The zero-order valence-corrected chi connectivity index (χ0v) is 31.5. The van der Waals surface area contributed by atoms with E-state index in [0.717, 1.165) is 123 Å². The van der Waals surface area contributed by atoms with Crippen LogP contribution in [0.15, 0.2) is 73.2 Å². The van der Waals surface area contributed by atoms with Gasteiger partial charge in [0, 0.05) is 97.4 Å². The number of fused-ring (bicyclic) bond motifs is 4. The summed E-state index contributed by atoms with van der Waals surface area (Å²) >= 11 is 0. The number of carbonyl (C=O) groups is 4. The van der Waals surface area contributed by atoms with Crippen molar-refractivity contribution in [3.8, 4) is 16.9 Å². The summed E-state index contributed by atoms with van der Waals surface area (Å²) in [5.41, 5.74) is 6.00. The first kappa shape index (κ1) is 37.4. The van der Waals surface area contributed by atoms with Gasteiger partial charge in [0.2, 0.25) is 11.8 Å². The molecule has 2 aromatic carbocycles. The first-order valence-electron chi connectivity index (χ1n) is 19.7. The van der Waals surface area contributed by atoms with Crippen LogP contribution in [0.5, 0.6) is 5.75 Å². The molecule has 5 aromatic rings. The van der Waals surface area contributed by atoms with E-state index in [9.17, 15) is 19.2 Å². The number of piperazine rings is 1. The van der Waals surface area contributed by atoms with Crippen LogP contribution in [-0.2, 0) is 20.7 Å². The number of imide groups is 2. The van der Waals surface area contributed by atoms with Crippen molar-refractivity contribution < 1.29 is 28.7 Å². The number of H-pyrrole nitrogens is 1. The third-order valence-corrected chi connectivity index (χ3v) is 11.1. The van der Waals surface area contributed by atoms with Crippen LogP contribution in [0.4, 0.5) is 0 Å². The lowest BCUT2D eigenvalue weighted by atomic mass is 10.0. The van der Waals surface area contributed by atoms with Crippen molar-refractivity contribution in [2.24, 2.45) is 0 Å². The highest BCUT2D eigenvalue weighted by molar-refractivity contribution is 6.23. The van der Waals surface area contributed by atoms with Gasteiger partial charge in [0.25, 0.3) is 11.8 Å². The van der Waals surface area contributed by atoms with Gasteiger partial charge < -0.3 is 19.4 Å². The minimum Gasteiger partial charge on any atom is -0.494 e. The normalized spacial score (nSPS) is 17.9. The molecule has 3 aromatic heterocycles. The number of carbonyl (C=O) groups excluding carboxylic acids is 4. The average molecular weight is 758 g/mol. The summed E-state index contributed by atoms with van der Waals surface area (Å²) in [6, 6.07) is 16.6. The SMILES string of the molecule is O=C1CCC(N2C(=O)c3ccc(OCCCCCN4CCN(CCOCCCc5ccc(-c6ccc7c(c6)[nH]c6ccncc67)cn5)CC4)cc3C2=O)C(=O)N1. The number of piperidine rings is 1. The van der Waals surface area contributed by atoms with E-state index in [1.807, 2.05) is 24.7 Å². The van der Waals surface area contributed by atoms with Crippen molar-refractivity contribution in [2.45, 2.75) is 51.0 Å². The van der Waals surface area contributed by atoms with Gasteiger partial charge in [-0.15, -0.1) is 0 Å². The fourth-order valence-electron chi connectivity index (χ4n) is 7.90. The Morgan fingerprint density at radius 1 is 0.714 bits per heavy atom. The van der Waals surface area contributed by atoms with E-state index < -0.39 is 29.7 Å². The number of aromatic amines is 1. The minimum absolute atomic E-state index is 0.0902. The van der Waals surface area contributed by atoms with Crippen molar-refractivity contribution >= 4 is 45.4 Å². The summed E-state index contributed by atoms with van der Waals surface area (Å²) in [5.74, 6) is -1.53. The van der Waals surface area contributed by atoms with Crippen molar-refractivity contribution in [3.63, 3.8) is 0 Å². The number of hydrogen-bond acceptors (Lipinski definition) is 10. The van der Waals surface area contributed by atoms with Crippen LogP contribution in [0.25, 0.3) is 32.9 Å². The Balaban J connectivity index is 0.663. The number of amides is 4. The van der Waals surface area contributed by atoms with E-state index in [1.54, 1.807) is 18.2 Å². The lowest BCUT2D eigenvalue weighted by molar-refractivity contribution is -0.136. The lowest BCUT2D eigenvalue weighted by Crippen LogP contribution is -2.54. The zero-order valence-electron chi connectivity index (χ0n) is 31.5. The number of ether oxygens (including phenoxy) is 2. The number of rotatable bonds is 16. The van der Waals surface area contributed by atoms with Crippen LogP contribution in [0.1, 0.15) is 64.9 Å². The van der Waals surface area contributed by atoms with Gasteiger partial charge >= 0.3 is 0 Å². The molecule has 3 aliphatic heterocycles. The van der Waals surface area contributed by atoms with Crippen LogP contribution in [0.2, 0.25) is 0 Å². The van der Waals surface area contributed by atoms with E-state index in [4.69, 9.17) is 14.5 Å². The first-order valence-corrected chi connectivity index (χ1v) is 19.7. The van der Waals surface area contributed by atoms with Gasteiger partial charge in [-0.25, -0.2) is 0 Å².